The van der Waals surface area contributed by atoms with Gasteiger partial charge in [-0.25, -0.2) is 0 Å². The Labute approximate surface area is 131 Å². The second-order valence-corrected chi connectivity index (χ2v) is 8.13. The number of likely N-dealkylation sites (tertiary alicyclic amines) is 1. The lowest BCUT2D eigenvalue weighted by atomic mass is 9.91. The smallest absolute Gasteiger partial charge is 0.0782 e. The van der Waals surface area contributed by atoms with E-state index < -0.39 is 0 Å². The maximum absolute atomic E-state index is 6.13. The maximum Gasteiger partial charge on any atom is 0.0782 e. The molecule has 0 amide bonds. The molecular weight excluding hydrogens is 260 g/mol. The van der Waals surface area contributed by atoms with Crippen LogP contribution in [0.4, 0.5) is 0 Å². The highest BCUT2D eigenvalue weighted by Gasteiger charge is 2.46. The van der Waals surface area contributed by atoms with Gasteiger partial charge in [-0.05, 0) is 70.9 Å². The predicted octanol–water partition coefficient (Wildman–Crippen LogP) is 3.14. The molecule has 2 atom stereocenters. The first kappa shape index (κ1) is 15.8. The van der Waals surface area contributed by atoms with E-state index in [-0.39, 0.29) is 5.60 Å². The number of rotatable bonds is 5. The third-order valence-electron chi connectivity index (χ3n) is 6.23. The Hall–Kier alpha value is -0.120. The van der Waals surface area contributed by atoms with E-state index in [0.29, 0.717) is 0 Å². The van der Waals surface area contributed by atoms with E-state index in [1.54, 1.807) is 0 Å². The molecule has 122 valence electrons. The molecule has 3 aliphatic rings. The minimum absolute atomic E-state index is 0.0789. The highest BCUT2D eigenvalue weighted by Crippen LogP contribution is 2.52. The van der Waals surface area contributed by atoms with Crippen LogP contribution < -0.4 is 0 Å². The molecule has 0 aromatic rings. The van der Waals surface area contributed by atoms with Crippen molar-refractivity contribution in [1.29, 1.82) is 0 Å². The van der Waals surface area contributed by atoms with E-state index in [1.807, 2.05) is 0 Å². The van der Waals surface area contributed by atoms with Crippen molar-refractivity contribution in [2.75, 3.05) is 39.3 Å². The summed E-state index contributed by atoms with van der Waals surface area (Å²) in [5.74, 6) is 0. The summed E-state index contributed by atoms with van der Waals surface area (Å²) in [5, 5.41) is 0. The number of hydrogen-bond acceptors (Lipinski definition) is 3. The highest BCUT2D eigenvalue weighted by molar-refractivity contribution is 4.99. The third kappa shape index (κ3) is 3.80. The molecule has 1 aliphatic carbocycles. The molecule has 1 spiro atoms. The Bertz CT molecular complexity index is 355. The Morgan fingerprint density at radius 2 is 1.95 bits per heavy atom. The van der Waals surface area contributed by atoms with Gasteiger partial charge in [0.2, 0.25) is 0 Å². The molecule has 2 saturated heterocycles. The summed E-state index contributed by atoms with van der Waals surface area (Å²) in [7, 11) is 0. The topological polar surface area (TPSA) is 15.7 Å². The van der Waals surface area contributed by atoms with Gasteiger partial charge in [-0.15, -0.1) is 0 Å². The van der Waals surface area contributed by atoms with Gasteiger partial charge in [-0.1, -0.05) is 6.92 Å². The van der Waals surface area contributed by atoms with Gasteiger partial charge in [0.15, 0.2) is 0 Å². The van der Waals surface area contributed by atoms with Crippen LogP contribution in [0.2, 0.25) is 0 Å². The number of ether oxygens (including phenoxy) is 1. The third-order valence-corrected chi connectivity index (χ3v) is 6.23. The molecule has 21 heavy (non-hydrogen) atoms. The Morgan fingerprint density at radius 1 is 1.14 bits per heavy atom. The van der Waals surface area contributed by atoms with Crippen LogP contribution in [0.25, 0.3) is 0 Å². The summed E-state index contributed by atoms with van der Waals surface area (Å²) >= 11 is 0. The average molecular weight is 294 g/mol. The molecule has 3 fully saturated rings. The molecular formula is C18H34N2O. The van der Waals surface area contributed by atoms with Gasteiger partial charge >= 0.3 is 0 Å². The molecule has 1 saturated carbocycles. The molecule has 3 rings (SSSR count). The van der Waals surface area contributed by atoms with Crippen LogP contribution in [0.1, 0.15) is 59.3 Å². The van der Waals surface area contributed by atoms with Crippen molar-refractivity contribution in [3.8, 4) is 0 Å². The van der Waals surface area contributed by atoms with Crippen molar-refractivity contribution in [1.82, 2.24) is 9.80 Å². The van der Waals surface area contributed by atoms with E-state index in [1.165, 1.54) is 51.6 Å². The zero-order valence-corrected chi connectivity index (χ0v) is 14.4. The van der Waals surface area contributed by atoms with Crippen LogP contribution in [-0.2, 0) is 4.74 Å². The van der Waals surface area contributed by atoms with Gasteiger partial charge in [-0.2, -0.15) is 0 Å². The minimum atomic E-state index is 0.0789. The van der Waals surface area contributed by atoms with Gasteiger partial charge < -0.3 is 9.64 Å². The monoisotopic (exact) mass is 294 g/mol. The molecule has 3 heteroatoms. The maximum atomic E-state index is 6.13. The van der Waals surface area contributed by atoms with Crippen LogP contribution in [0.15, 0.2) is 0 Å². The first-order chi connectivity index (χ1) is 10.0. The summed E-state index contributed by atoms with van der Waals surface area (Å²) in [4.78, 5) is 5.30. The van der Waals surface area contributed by atoms with Crippen LogP contribution in [0, 0.1) is 5.41 Å². The highest BCUT2D eigenvalue weighted by atomic mass is 16.5. The van der Waals surface area contributed by atoms with Gasteiger partial charge in [-0.3, -0.25) is 4.90 Å². The predicted molar refractivity (Wildman–Crippen MR) is 87.6 cm³/mol. The van der Waals surface area contributed by atoms with Crippen molar-refractivity contribution in [2.24, 2.45) is 5.41 Å². The number of nitrogens with zero attached hydrogens (tertiary/aromatic N) is 2. The molecule has 0 bridgehead atoms. The standard InChI is InChI=1S/C18H34N2O/c1-4-19-12-13-21-17(3,14-19)8-6-16(2)20-11-5-7-18(15-20)9-10-18/h16H,4-15H2,1-3H3. The average Bonchev–Trinajstić information content (AvgIpc) is 3.23. The number of piperidine rings is 1. The van der Waals surface area contributed by atoms with Crippen LogP contribution >= 0.6 is 0 Å². The summed E-state index contributed by atoms with van der Waals surface area (Å²) in [6, 6.07) is 0.722. The van der Waals surface area contributed by atoms with Crippen LogP contribution in [-0.4, -0.2) is 60.8 Å². The molecule has 0 N–H and O–H groups in total. The zero-order valence-electron chi connectivity index (χ0n) is 14.4. The van der Waals surface area contributed by atoms with Crippen molar-refractivity contribution in [3.63, 3.8) is 0 Å². The van der Waals surface area contributed by atoms with Crippen molar-refractivity contribution in [3.05, 3.63) is 0 Å². The first-order valence-electron chi connectivity index (χ1n) is 9.15. The fraction of sp³-hybridized carbons (Fsp3) is 1.00. The molecule has 0 aromatic heterocycles. The Balaban J connectivity index is 1.47. The van der Waals surface area contributed by atoms with E-state index in [9.17, 15) is 0 Å². The summed E-state index contributed by atoms with van der Waals surface area (Å²) in [6.45, 7) is 14.0. The van der Waals surface area contributed by atoms with Gasteiger partial charge in [0.25, 0.3) is 0 Å². The molecule has 2 heterocycles. The molecule has 0 aromatic carbocycles. The summed E-state index contributed by atoms with van der Waals surface area (Å²) < 4.78 is 6.13. The van der Waals surface area contributed by atoms with E-state index >= 15 is 0 Å². The van der Waals surface area contributed by atoms with Crippen molar-refractivity contribution >= 4 is 0 Å². The lowest BCUT2D eigenvalue weighted by Gasteiger charge is -2.42. The van der Waals surface area contributed by atoms with Gasteiger partial charge in [0, 0.05) is 25.7 Å². The quantitative estimate of drug-likeness (QED) is 0.775. The molecule has 2 unspecified atom stereocenters. The normalized spacial score (nSPS) is 35.0. The number of morpholine rings is 1. The largest absolute Gasteiger partial charge is 0.373 e. The van der Waals surface area contributed by atoms with Gasteiger partial charge in [0.05, 0.1) is 12.2 Å². The van der Waals surface area contributed by atoms with E-state index in [0.717, 1.165) is 37.7 Å². The molecule has 2 aliphatic heterocycles. The minimum Gasteiger partial charge on any atom is -0.373 e. The second-order valence-electron chi connectivity index (χ2n) is 8.13. The van der Waals surface area contributed by atoms with E-state index in [4.69, 9.17) is 4.74 Å². The van der Waals surface area contributed by atoms with Crippen molar-refractivity contribution in [2.45, 2.75) is 70.9 Å². The van der Waals surface area contributed by atoms with Crippen LogP contribution in [0.5, 0.6) is 0 Å². The summed E-state index contributed by atoms with van der Waals surface area (Å²) in [6.07, 6.45) is 8.37. The van der Waals surface area contributed by atoms with E-state index in [2.05, 4.69) is 30.6 Å². The number of hydrogen-bond donors (Lipinski definition) is 0. The Morgan fingerprint density at radius 3 is 2.67 bits per heavy atom. The van der Waals surface area contributed by atoms with Gasteiger partial charge in [0.1, 0.15) is 0 Å². The fourth-order valence-corrected chi connectivity index (χ4v) is 4.34. The molecule has 0 radical (unpaired) electrons. The lowest BCUT2D eigenvalue weighted by molar-refractivity contribution is -0.104. The van der Waals surface area contributed by atoms with Crippen molar-refractivity contribution < 1.29 is 4.74 Å². The Kier molecular flexibility index (Phi) is 4.63. The van der Waals surface area contributed by atoms with Crippen LogP contribution in [0.3, 0.4) is 0 Å². The fourth-order valence-electron chi connectivity index (χ4n) is 4.34. The zero-order chi connectivity index (χ0) is 14.9. The SMILES string of the molecule is CCN1CCOC(C)(CCC(C)N2CCCC3(CC3)C2)C1. The molecule has 3 nitrogen and oxygen atoms in total. The number of likely N-dealkylation sites (N-methyl/N-ethyl adjacent to an activating group) is 1. The lowest BCUT2D eigenvalue weighted by Crippen LogP contribution is -2.50. The first-order valence-corrected chi connectivity index (χ1v) is 9.15. The summed E-state index contributed by atoms with van der Waals surface area (Å²) in [5.41, 5.74) is 0.826. The second kappa shape index (κ2) is 6.17.